The summed E-state index contributed by atoms with van der Waals surface area (Å²) in [6, 6.07) is 6.28. The SMILES string of the molecule is C[C@@H]1C[C@H](N)C[C@H](c2ccncc2NC(=O)c2ccc(F)c(-c3c(F)cc(C4CCS(O)(O)CC4)cc3F)n2)C1. The van der Waals surface area contributed by atoms with Gasteiger partial charge in [-0.3, -0.25) is 18.9 Å². The molecule has 2 fully saturated rings. The zero-order valence-electron chi connectivity index (χ0n) is 22.1. The van der Waals surface area contributed by atoms with Gasteiger partial charge in [0.2, 0.25) is 0 Å². The summed E-state index contributed by atoms with van der Waals surface area (Å²) in [6.07, 6.45) is 6.57. The molecule has 5 rings (SSSR count). The van der Waals surface area contributed by atoms with E-state index in [0.29, 0.717) is 30.0 Å². The normalized spacial score (nSPS) is 23.9. The maximum Gasteiger partial charge on any atom is 0.274 e. The van der Waals surface area contributed by atoms with Crippen LogP contribution >= 0.6 is 10.6 Å². The lowest BCUT2D eigenvalue weighted by Gasteiger charge is -2.39. The molecule has 0 spiro atoms. The van der Waals surface area contributed by atoms with Gasteiger partial charge in [-0.2, -0.15) is 10.6 Å². The molecule has 1 saturated carbocycles. The molecule has 3 aromatic rings. The smallest absolute Gasteiger partial charge is 0.274 e. The first-order valence-corrected chi connectivity index (χ1v) is 15.3. The third kappa shape index (κ3) is 6.17. The number of rotatable bonds is 5. The van der Waals surface area contributed by atoms with Crippen LogP contribution in [0.4, 0.5) is 18.9 Å². The van der Waals surface area contributed by atoms with Gasteiger partial charge >= 0.3 is 0 Å². The molecule has 3 heterocycles. The van der Waals surface area contributed by atoms with Crippen molar-refractivity contribution in [3.63, 3.8) is 0 Å². The number of carbonyl (C=O) groups excluding carboxylic acids is 1. The Kier molecular flexibility index (Phi) is 8.19. The Labute approximate surface area is 232 Å². The molecule has 0 bridgehead atoms. The van der Waals surface area contributed by atoms with Crippen molar-refractivity contribution in [1.82, 2.24) is 9.97 Å². The second-order valence-corrected chi connectivity index (χ2v) is 13.5. The van der Waals surface area contributed by atoms with E-state index in [4.69, 9.17) is 5.73 Å². The van der Waals surface area contributed by atoms with Crippen LogP contribution in [0.2, 0.25) is 0 Å². The monoisotopic (exact) mass is 574 g/mol. The molecule has 5 N–H and O–H groups in total. The molecule has 2 aromatic heterocycles. The Morgan fingerprint density at radius 3 is 2.38 bits per heavy atom. The van der Waals surface area contributed by atoms with E-state index < -0.39 is 45.2 Å². The highest BCUT2D eigenvalue weighted by Gasteiger charge is 2.29. The average Bonchev–Trinajstić information content (AvgIpc) is 2.89. The van der Waals surface area contributed by atoms with Crippen LogP contribution in [0.25, 0.3) is 11.3 Å². The van der Waals surface area contributed by atoms with Crippen molar-refractivity contribution in [3.8, 4) is 11.3 Å². The molecule has 0 unspecified atom stereocenters. The summed E-state index contributed by atoms with van der Waals surface area (Å²) >= 11 is 0. The lowest BCUT2D eigenvalue weighted by atomic mass is 9.76. The van der Waals surface area contributed by atoms with Crippen LogP contribution in [-0.2, 0) is 0 Å². The summed E-state index contributed by atoms with van der Waals surface area (Å²) in [5.74, 6) is -3.00. The maximum atomic E-state index is 15.2. The molecule has 1 aliphatic carbocycles. The van der Waals surface area contributed by atoms with Gasteiger partial charge in [-0.05, 0) is 91.3 Å². The molecule has 1 amide bonds. The van der Waals surface area contributed by atoms with Crippen molar-refractivity contribution in [2.24, 2.45) is 11.7 Å². The maximum absolute atomic E-state index is 15.2. The summed E-state index contributed by atoms with van der Waals surface area (Å²) in [6.45, 7) is 2.14. The third-order valence-electron chi connectivity index (χ3n) is 7.96. The van der Waals surface area contributed by atoms with Crippen LogP contribution in [0.5, 0.6) is 0 Å². The standard InChI is InChI=1S/C29H33F3N4O3S/c1-16-10-19(12-20(33)11-16)21-4-7-34-15-26(21)36-29(37)25-3-2-22(30)28(35-25)27-23(31)13-18(14-24(27)32)17-5-8-40(38,39)9-6-17/h2-4,7,13-17,19-20,38-39H,5-6,8-12,33H2,1H3,(H,36,37)/t16-,19+,20-/m0/s1. The molecule has 2 aliphatic rings. The van der Waals surface area contributed by atoms with Crippen LogP contribution in [-0.4, -0.2) is 42.5 Å². The number of nitrogens with one attached hydrogen (secondary N) is 1. The predicted molar refractivity (Wildman–Crippen MR) is 150 cm³/mol. The van der Waals surface area contributed by atoms with Crippen molar-refractivity contribution in [2.45, 2.75) is 56.9 Å². The summed E-state index contributed by atoms with van der Waals surface area (Å²) in [5, 5.41) is 2.79. The van der Waals surface area contributed by atoms with Gasteiger partial charge in [-0.25, -0.2) is 18.2 Å². The fourth-order valence-corrected chi connectivity index (χ4v) is 7.53. The van der Waals surface area contributed by atoms with Crippen molar-refractivity contribution < 1.29 is 27.1 Å². The number of nitrogens with two attached hydrogens (primary N) is 1. The highest BCUT2D eigenvalue weighted by Crippen LogP contribution is 2.48. The van der Waals surface area contributed by atoms with Gasteiger partial charge in [0.15, 0.2) is 0 Å². The number of amides is 1. The molecule has 11 heteroatoms. The molecule has 0 radical (unpaired) electrons. The summed E-state index contributed by atoms with van der Waals surface area (Å²) < 4.78 is 65.0. The number of anilines is 1. The van der Waals surface area contributed by atoms with E-state index in [1.54, 1.807) is 6.20 Å². The number of nitrogens with zero attached hydrogens (tertiary/aromatic N) is 2. The van der Waals surface area contributed by atoms with E-state index in [1.807, 2.05) is 6.07 Å². The minimum Gasteiger partial charge on any atom is -0.328 e. The number of halogens is 3. The molecular formula is C29H33F3N4O3S. The van der Waals surface area contributed by atoms with Crippen LogP contribution in [0.1, 0.15) is 72.5 Å². The molecular weight excluding hydrogens is 541 g/mol. The van der Waals surface area contributed by atoms with Crippen molar-refractivity contribution in [2.75, 3.05) is 16.8 Å². The van der Waals surface area contributed by atoms with Crippen molar-refractivity contribution in [1.29, 1.82) is 0 Å². The molecule has 1 saturated heterocycles. The van der Waals surface area contributed by atoms with E-state index in [9.17, 15) is 18.3 Å². The minimum absolute atomic E-state index is 0.0557. The molecule has 40 heavy (non-hydrogen) atoms. The first kappa shape index (κ1) is 28.5. The number of carbonyl (C=O) groups is 1. The zero-order chi connectivity index (χ0) is 28.6. The molecule has 1 aliphatic heterocycles. The van der Waals surface area contributed by atoms with Crippen LogP contribution in [0.3, 0.4) is 0 Å². The average molecular weight is 575 g/mol. The Hall–Kier alpha value is -2.99. The van der Waals surface area contributed by atoms with E-state index in [2.05, 4.69) is 22.2 Å². The summed E-state index contributed by atoms with van der Waals surface area (Å²) in [5.41, 5.74) is 6.50. The fraction of sp³-hybridized carbons (Fsp3) is 0.414. The van der Waals surface area contributed by atoms with Gasteiger partial charge in [-0.1, -0.05) is 6.92 Å². The topological polar surface area (TPSA) is 121 Å². The van der Waals surface area contributed by atoms with Crippen molar-refractivity contribution >= 4 is 22.2 Å². The molecule has 1 aromatic carbocycles. The number of hydrogen-bond donors (Lipinski definition) is 4. The van der Waals surface area contributed by atoms with E-state index in [-0.39, 0.29) is 35.1 Å². The molecule has 214 valence electrons. The zero-order valence-corrected chi connectivity index (χ0v) is 22.9. The van der Waals surface area contributed by atoms with E-state index in [1.165, 1.54) is 6.20 Å². The van der Waals surface area contributed by atoms with E-state index in [0.717, 1.165) is 49.1 Å². The number of hydrogen-bond acceptors (Lipinski definition) is 6. The highest BCUT2D eigenvalue weighted by atomic mass is 32.3. The summed E-state index contributed by atoms with van der Waals surface area (Å²) in [4.78, 5) is 21.3. The van der Waals surface area contributed by atoms with Gasteiger partial charge in [0.05, 0.1) is 17.4 Å². The predicted octanol–water partition coefficient (Wildman–Crippen LogP) is 6.67. The van der Waals surface area contributed by atoms with Crippen LogP contribution in [0, 0.1) is 23.4 Å². The quantitative estimate of drug-likeness (QED) is 0.270. The Morgan fingerprint density at radius 2 is 1.70 bits per heavy atom. The third-order valence-corrected chi connectivity index (χ3v) is 9.74. The largest absolute Gasteiger partial charge is 0.328 e. The highest BCUT2D eigenvalue weighted by molar-refractivity contribution is 8.24. The lowest BCUT2D eigenvalue weighted by Crippen LogP contribution is -2.31. The van der Waals surface area contributed by atoms with Crippen LogP contribution < -0.4 is 11.1 Å². The van der Waals surface area contributed by atoms with E-state index >= 15 is 8.78 Å². The van der Waals surface area contributed by atoms with Crippen LogP contribution in [0.15, 0.2) is 42.7 Å². The first-order chi connectivity index (χ1) is 19.0. The van der Waals surface area contributed by atoms with Gasteiger partial charge in [0.1, 0.15) is 28.8 Å². The number of benzene rings is 1. The Bertz CT molecular complexity index is 1380. The first-order valence-electron chi connectivity index (χ1n) is 13.4. The summed E-state index contributed by atoms with van der Waals surface area (Å²) in [7, 11) is -2.65. The molecule has 7 nitrogen and oxygen atoms in total. The Balaban J connectivity index is 1.40. The Morgan fingerprint density at radius 1 is 1.00 bits per heavy atom. The number of pyridine rings is 2. The van der Waals surface area contributed by atoms with Gasteiger partial charge in [0.25, 0.3) is 5.91 Å². The number of aromatic nitrogens is 2. The molecule has 3 atom stereocenters. The lowest BCUT2D eigenvalue weighted by molar-refractivity contribution is 0.102. The van der Waals surface area contributed by atoms with Gasteiger partial charge in [0, 0.05) is 23.7 Å². The minimum atomic E-state index is -2.65. The fourth-order valence-electron chi connectivity index (χ4n) is 6.00. The van der Waals surface area contributed by atoms with Gasteiger partial charge < -0.3 is 11.1 Å². The van der Waals surface area contributed by atoms with Gasteiger partial charge in [-0.15, -0.1) is 0 Å². The second kappa shape index (κ2) is 11.5. The van der Waals surface area contributed by atoms with Crippen molar-refractivity contribution in [3.05, 3.63) is 77.0 Å². The second-order valence-electron chi connectivity index (χ2n) is 11.1.